The Morgan fingerprint density at radius 3 is 1.10 bits per heavy atom. The molecule has 9 atom stereocenters. The molecular formula is C69H131NO10. The maximum Gasteiger partial charge on any atom is 0.249 e. The molecule has 1 heterocycles. The molecule has 1 saturated heterocycles. The van der Waals surface area contributed by atoms with Gasteiger partial charge >= 0.3 is 0 Å². The van der Waals surface area contributed by atoms with E-state index in [0.717, 1.165) is 51.4 Å². The van der Waals surface area contributed by atoms with Gasteiger partial charge in [0.05, 0.1) is 25.4 Å². The predicted octanol–water partition coefficient (Wildman–Crippen LogP) is 16.2. The van der Waals surface area contributed by atoms with Gasteiger partial charge in [-0.15, -0.1) is 0 Å². The summed E-state index contributed by atoms with van der Waals surface area (Å²) in [7, 11) is 0. The van der Waals surface area contributed by atoms with Gasteiger partial charge in [0.25, 0.3) is 0 Å². The van der Waals surface area contributed by atoms with Gasteiger partial charge in [-0.2, -0.15) is 0 Å². The first kappa shape index (κ1) is 76.3. The lowest BCUT2D eigenvalue weighted by atomic mass is 9.98. The Labute approximate surface area is 492 Å². The molecule has 1 fully saturated rings. The third kappa shape index (κ3) is 44.8. The Kier molecular flexibility index (Phi) is 55.1. The highest BCUT2D eigenvalue weighted by Gasteiger charge is 2.44. The van der Waals surface area contributed by atoms with Crippen LogP contribution in [-0.4, -0.2) is 110 Å². The van der Waals surface area contributed by atoms with Gasteiger partial charge in [-0.3, -0.25) is 4.79 Å². The van der Waals surface area contributed by atoms with Crippen molar-refractivity contribution in [1.82, 2.24) is 5.32 Å². The number of nitrogens with one attached hydrogen (secondary N) is 1. The zero-order valence-corrected chi connectivity index (χ0v) is 52.1. The number of amides is 1. The lowest BCUT2D eigenvalue weighted by molar-refractivity contribution is -0.303. The molecule has 472 valence electrons. The van der Waals surface area contributed by atoms with Crippen molar-refractivity contribution in [2.24, 2.45) is 0 Å². The second-order valence-corrected chi connectivity index (χ2v) is 24.2. The van der Waals surface area contributed by atoms with Crippen molar-refractivity contribution >= 4 is 5.91 Å². The lowest BCUT2D eigenvalue weighted by Gasteiger charge is -2.40. The summed E-state index contributed by atoms with van der Waals surface area (Å²) in [5, 5.41) is 76.2. The van der Waals surface area contributed by atoms with Gasteiger partial charge in [0, 0.05) is 0 Å². The number of aliphatic hydroxyl groups excluding tert-OH is 7. The van der Waals surface area contributed by atoms with Crippen LogP contribution in [0.4, 0.5) is 0 Å². The fourth-order valence-electron chi connectivity index (χ4n) is 11.1. The number of carbonyl (C=O) groups excluding carboxylic acids is 1. The molecule has 0 aromatic carbocycles. The average Bonchev–Trinajstić information content (AvgIpc) is 3.48. The van der Waals surface area contributed by atoms with Gasteiger partial charge in [-0.25, -0.2) is 0 Å². The summed E-state index contributed by atoms with van der Waals surface area (Å²) in [4.78, 5) is 13.2. The molecule has 1 aliphatic heterocycles. The van der Waals surface area contributed by atoms with Gasteiger partial charge in [0.2, 0.25) is 5.91 Å². The number of carbonyl (C=O) groups is 1. The molecule has 0 saturated carbocycles. The number of allylic oxidation sites excluding steroid dienone is 6. The maximum absolute atomic E-state index is 13.2. The maximum atomic E-state index is 13.2. The summed E-state index contributed by atoms with van der Waals surface area (Å²) in [6.07, 6.45) is 62.6. The first-order valence-electron chi connectivity index (χ1n) is 34.4. The zero-order chi connectivity index (χ0) is 58.2. The molecular weight excluding hydrogens is 1000 g/mol. The van der Waals surface area contributed by atoms with Crippen LogP contribution >= 0.6 is 0 Å². The van der Waals surface area contributed by atoms with Crippen molar-refractivity contribution in [3.63, 3.8) is 0 Å². The SMILES string of the molecule is CCCC/C=C/CC/C=C/CC/C=C/CCCC(O)C(O)C(COC1OC(CO)C(O)C(O)C1O)NC(=O)C(O)CCCCCCCCCCCCCCCCCCCCCCCCCCCCCCCCCCCCCCCC. The smallest absolute Gasteiger partial charge is 0.249 e. The van der Waals surface area contributed by atoms with E-state index in [4.69, 9.17) is 9.47 Å². The molecule has 1 aliphatic rings. The van der Waals surface area contributed by atoms with Crippen LogP contribution in [0.1, 0.15) is 328 Å². The Morgan fingerprint density at radius 1 is 0.425 bits per heavy atom. The number of ether oxygens (including phenoxy) is 2. The lowest BCUT2D eigenvalue weighted by Crippen LogP contribution is -2.60. The van der Waals surface area contributed by atoms with Gasteiger partial charge in [-0.1, -0.05) is 307 Å². The van der Waals surface area contributed by atoms with Crippen LogP contribution in [0, 0.1) is 0 Å². The van der Waals surface area contributed by atoms with Crippen molar-refractivity contribution in [2.75, 3.05) is 13.2 Å². The molecule has 0 radical (unpaired) electrons. The minimum absolute atomic E-state index is 0.242. The summed E-state index contributed by atoms with van der Waals surface area (Å²) in [5.74, 6) is -0.708. The molecule has 1 amide bonds. The number of unbranched alkanes of at least 4 members (excludes halogenated alkanes) is 42. The number of aliphatic hydroxyl groups is 7. The van der Waals surface area contributed by atoms with Gasteiger partial charge in [-0.05, 0) is 57.8 Å². The fourth-order valence-corrected chi connectivity index (χ4v) is 11.1. The molecule has 11 nitrogen and oxygen atoms in total. The largest absolute Gasteiger partial charge is 0.394 e. The second-order valence-electron chi connectivity index (χ2n) is 24.2. The number of rotatable bonds is 60. The van der Waals surface area contributed by atoms with E-state index in [1.165, 1.54) is 231 Å². The molecule has 9 unspecified atom stereocenters. The van der Waals surface area contributed by atoms with Gasteiger partial charge in [0.15, 0.2) is 6.29 Å². The molecule has 0 aromatic heterocycles. The van der Waals surface area contributed by atoms with Crippen molar-refractivity contribution in [3.05, 3.63) is 36.5 Å². The van der Waals surface area contributed by atoms with Crippen LogP contribution in [0.2, 0.25) is 0 Å². The van der Waals surface area contributed by atoms with E-state index in [1.807, 2.05) is 0 Å². The summed E-state index contributed by atoms with van der Waals surface area (Å²) < 4.78 is 11.1. The van der Waals surface area contributed by atoms with Gasteiger partial charge < -0.3 is 50.5 Å². The second kappa shape index (κ2) is 57.7. The highest BCUT2D eigenvalue weighted by Crippen LogP contribution is 2.24. The fraction of sp³-hybridized carbons (Fsp3) is 0.899. The van der Waals surface area contributed by atoms with E-state index >= 15 is 0 Å². The van der Waals surface area contributed by atoms with Crippen molar-refractivity contribution < 1.29 is 50.0 Å². The van der Waals surface area contributed by atoms with Crippen LogP contribution in [0.3, 0.4) is 0 Å². The first-order valence-corrected chi connectivity index (χ1v) is 34.4. The molecule has 0 aliphatic carbocycles. The minimum Gasteiger partial charge on any atom is -0.394 e. The summed E-state index contributed by atoms with van der Waals surface area (Å²) >= 11 is 0. The van der Waals surface area contributed by atoms with Crippen LogP contribution in [0.25, 0.3) is 0 Å². The van der Waals surface area contributed by atoms with E-state index in [9.17, 15) is 40.5 Å². The Hall–Kier alpha value is -1.67. The molecule has 1 rings (SSSR count). The normalized spacial score (nSPS) is 19.4. The minimum atomic E-state index is -1.67. The summed E-state index contributed by atoms with van der Waals surface area (Å²) in [6.45, 7) is 3.42. The average molecular weight is 1130 g/mol. The molecule has 0 aromatic rings. The highest BCUT2D eigenvalue weighted by molar-refractivity contribution is 5.80. The topological polar surface area (TPSA) is 189 Å². The van der Waals surface area contributed by atoms with E-state index in [-0.39, 0.29) is 12.8 Å². The monoisotopic (exact) mass is 1130 g/mol. The van der Waals surface area contributed by atoms with Crippen molar-refractivity contribution in [3.8, 4) is 0 Å². The van der Waals surface area contributed by atoms with Gasteiger partial charge in [0.1, 0.15) is 36.6 Å². The standard InChI is InChI=1S/C69H131NO10/c1-3-5-7-9-11-13-15-17-19-20-21-22-23-24-25-26-27-28-29-30-31-32-33-34-35-36-37-38-39-40-41-43-45-47-49-51-53-55-57-62(73)68(78)70-60(59-79-69-67(77)66(76)65(75)63(58-71)80-69)64(74)61(72)56-54-52-50-48-46-44-42-18-16-14-12-10-8-6-4-2/h10,12,18,42,48,50,60-67,69,71-77H,3-9,11,13-17,19-41,43-47,49,51-59H2,1-2H3,(H,70,78)/b12-10+,42-18+,50-48+. The molecule has 80 heavy (non-hydrogen) atoms. The van der Waals surface area contributed by atoms with E-state index in [2.05, 4.69) is 55.6 Å². The summed E-state index contributed by atoms with van der Waals surface area (Å²) in [5.41, 5.74) is 0. The first-order chi connectivity index (χ1) is 39.2. The zero-order valence-electron chi connectivity index (χ0n) is 52.1. The van der Waals surface area contributed by atoms with E-state index in [0.29, 0.717) is 19.3 Å². The van der Waals surface area contributed by atoms with Crippen LogP contribution in [0.15, 0.2) is 36.5 Å². The predicted molar refractivity (Wildman–Crippen MR) is 335 cm³/mol. The third-order valence-electron chi connectivity index (χ3n) is 16.7. The Morgan fingerprint density at radius 2 is 0.750 bits per heavy atom. The Bertz CT molecular complexity index is 1390. The van der Waals surface area contributed by atoms with E-state index < -0.39 is 74.2 Å². The third-order valence-corrected chi connectivity index (χ3v) is 16.7. The number of hydrogen-bond donors (Lipinski definition) is 8. The molecule has 0 spiro atoms. The van der Waals surface area contributed by atoms with Crippen LogP contribution < -0.4 is 5.32 Å². The van der Waals surface area contributed by atoms with E-state index in [1.54, 1.807) is 0 Å². The molecule has 11 heteroatoms. The van der Waals surface area contributed by atoms with Crippen LogP contribution in [0.5, 0.6) is 0 Å². The van der Waals surface area contributed by atoms with Crippen molar-refractivity contribution in [1.29, 1.82) is 0 Å². The quantitative estimate of drug-likeness (QED) is 0.0215. The number of hydrogen-bond acceptors (Lipinski definition) is 10. The highest BCUT2D eigenvalue weighted by atomic mass is 16.7. The molecule has 0 bridgehead atoms. The van der Waals surface area contributed by atoms with Crippen LogP contribution in [-0.2, 0) is 14.3 Å². The van der Waals surface area contributed by atoms with Crippen molar-refractivity contribution in [2.45, 2.75) is 384 Å². The summed E-state index contributed by atoms with van der Waals surface area (Å²) in [6, 6.07) is -1.19. The Balaban J connectivity index is 2.11. The molecule has 8 N–H and O–H groups in total.